The Morgan fingerprint density at radius 1 is 1.00 bits per heavy atom. The molecule has 0 spiro atoms. The van der Waals surface area contributed by atoms with Crippen LogP contribution >= 0.6 is 0 Å². The fourth-order valence-electron chi connectivity index (χ4n) is 2.49. The van der Waals surface area contributed by atoms with Crippen molar-refractivity contribution >= 4 is 22.1 Å². The van der Waals surface area contributed by atoms with Crippen molar-refractivity contribution in [3.05, 3.63) is 72.7 Å². The van der Waals surface area contributed by atoms with Gasteiger partial charge in [-0.15, -0.1) is 0 Å². The summed E-state index contributed by atoms with van der Waals surface area (Å²) in [4.78, 5) is 4.46. The Labute approximate surface area is 122 Å². The van der Waals surface area contributed by atoms with E-state index in [0.717, 1.165) is 28.7 Å². The zero-order valence-electron chi connectivity index (χ0n) is 11.4. The molecule has 0 aliphatic heterocycles. The molecule has 4 rings (SSSR count). The summed E-state index contributed by atoms with van der Waals surface area (Å²) in [5.41, 5.74) is 4.32. The summed E-state index contributed by atoms with van der Waals surface area (Å²) in [7, 11) is 0. The standard InChI is InChI=1S/C17H14N4/c1-2-6-16-13(5-1)9-15(12-19-16)18-10-14-11-20-21-8-4-3-7-17(14)21/h1-9,11-12,18H,10H2. The highest BCUT2D eigenvalue weighted by Gasteiger charge is 2.03. The van der Waals surface area contributed by atoms with Gasteiger partial charge in [0.15, 0.2) is 0 Å². The second-order valence-electron chi connectivity index (χ2n) is 4.97. The van der Waals surface area contributed by atoms with Crippen LogP contribution in [0.2, 0.25) is 0 Å². The van der Waals surface area contributed by atoms with Gasteiger partial charge in [-0.2, -0.15) is 5.10 Å². The van der Waals surface area contributed by atoms with Crippen molar-refractivity contribution in [3.8, 4) is 0 Å². The first-order valence-electron chi connectivity index (χ1n) is 6.90. The van der Waals surface area contributed by atoms with E-state index in [1.165, 1.54) is 5.56 Å². The molecule has 4 heteroatoms. The molecule has 0 aliphatic rings. The number of fused-ring (bicyclic) bond motifs is 2. The molecule has 4 aromatic rings. The van der Waals surface area contributed by atoms with Crippen LogP contribution in [0, 0.1) is 0 Å². The van der Waals surface area contributed by atoms with Gasteiger partial charge in [-0.25, -0.2) is 4.52 Å². The fourth-order valence-corrected chi connectivity index (χ4v) is 2.49. The van der Waals surface area contributed by atoms with E-state index in [1.807, 2.05) is 53.4 Å². The third-order valence-corrected chi connectivity index (χ3v) is 3.58. The minimum atomic E-state index is 0.730. The summed E-state index contributed by atoms with van der Waals surface area (Å²) in [6.07, 6.45) is 5.72. The van der Waals surface area contributed by atoms with Crippen LogP contribution in [0.1, 0.15) is 5.56 Å². The van der Waals surface area contributed by atoms with Crippen LogP contribution in [0.15, 0.2) is 67.1 Å². The largest absolute Gasteiger partial charge is 0.380 e. The Kier molecular flexibility index (Phi) is 2.78. The first-order chi connectivity index (χ1) is 10.4. The normalized spacial score (nSPS) is 11.0. The molecule has 0 saturated heterocycles. The average molecular weight is 274 g/mol. The molecular formula is C17H14N4. The molecule has 4 nitrogen and oxygen atoms in total. The van der Waals surface area contributed by atoms with Crippen LogP contribution in [0.25, 0.3) is 16.4 Å². The number of nitrogens with one attached hydrogen (secondary N) is 1. The van der Waals surface area contributed by atoms with E-state index in [-0.39, 0.29) is 0 Å². The van der Waals surface area contributed by atoms with Gasteiger partial charge < -0.3 is 5.32 Å². The highest BCUT2D eigenvalue weighted by Crippen LogP contribution is 2.17. The van der Waals surface area contributed by atoms with E-state index in [9.17, 15) is 0 Å². The van der Waals surface area contributed by atoms with Crippen LogP contribution in [0.5, 0.6) is 0 Å². The first kappa shape index (κ1) is 11.9. The molecule has 0 fully saturated rings. The van der Waals surface area contributed by atoms with Crippen molar-refractivity contribution in [2.24, 2.45) is 0 Å². The molecule has 0 amide bonds. The van der Waals surface area contributed by atoms with Gasteiger partial charge in [0.2, 0.25) is 0 Å². The maximum absolute atomic E-state index is 4.46. The first-order valence-corrected chi connectivity index (χ1v) is 6.90. The van der Waals surface area contributed by atoms with Crippen molar-refractivity contribution in [3.63, 3.8) is 0 Å². The molecule has 0 aliphatic carbocycles. The molecular weight excluding hydrogens is 260 g/mol. The maximum atomic E-state index is 4.46. The number of aromatic nitrogens is 3. The van der Waals surface area contributed by atoms with E-state index in [4.69, 9.17) is 0 Å². The molecule has 3 aromatic heterocycles. The Hall–Kier alpha value is -2.88. The number of para-hydroxylation sites is 1. The van der Waals surface area contributed by atoms with Crippen LogP contribution in [-0.4, -0.2) is 14.6 Å². The van der Waals surface area contributed by atoms with Crippen LogP contribution in [-0.2, 0) is 6.54 Å². The second-order valence-corrected chi connectivity index (χ2v) is 4.97. The summed E-state index contributed by atoms with van der Waals surface area (Å²) >= 11 is 0. The molecule has 0 saturated carbocycles. The zero-order chi connectivity index (χ0) is 14.1. The third kappa shape index (κ3) is 2.21. The average Bonchev–Trinajstić information content (AvgIpc) is 2.96. The van der Waals surface area contributed by atoms with Crippen LogP contribution < -0.4 is 5.32 Å². The molecule has 0 unspecified atom stereocenters. The van der Waals surface area contributed by atoms with Gasteiger partial charge in [0.1, 0.15) is 0 Å². The lowest BCUT2D eigenvalue weighted by Crippen LogP contribution is -1.99. The Balaban J connectivity index is 1.60. The SMILES string of the molecule is c1ccc2ncc(NCc3cnn4ccccc34)cc2c1. The molecule has 21 heavy (non-hydrogen) atoms. The van der Waals surface area contributed by atoms with E-state index in [0.29, 0.717) is 0 Å². The van der Waals surface area contributed by atoms with E-state index in [2.05, 4.69) is 33.6 Å². The number of benzene rings is 1. The van der Waals surface area contributed by atoms with Gasteiger partial charge in [0, 0.05) is 23.7 Å². The number of anilines is 1. The van der Waals surface area contributed by atoms with E-state index >= 15 is 0 Å². The molecule has 1 N–H and O–H groups in total. The molecule has 102 valence electrons. The van der Waals surface area contributed by atoms with Crippen LogP contribution in [0.3, 0.4) is 0 Å². The molecule has 0 radical (unpaired) electrons. The number of pyridine rings is 2. The maximum Gasteiger partial charge on any atom is 0.0711 e. The lowest BCUT2D eigenvalue weighted by Gasteiger charge is -2.06. The Morgan fingerprint density at radius 3 is 2.90 bits per heavy atom. The van der Waals surface area contributed by atoms with Crippen molar-refractivity contribution in [1.29, 1.82) is 0 Å². The van der Waals surface area contributed by atoms with Gasteiger partial charge in [0.25, 0.3) is 0 Å². The predicted octanol–water partition coefficient (Wildman–Crippen LogP) is 3.49. The smallest absolute Gasteiger partial charge is 0.0711 e. The van der Waals surface area contributed by atoms with Crippen molar-refractivity contribution in [2.45, 2.75) is 6.54 Å². The summed E-state index contributed by atoms with van der Waals surface area (Å²) in [5, 5.41) is 8.90. The van der Waals surface area contributed by atoms with Gasteiger partial charge in [-0.1, -0.05) is 24.3 Å². The second kappa shape index (κ2) is 4.90. The van der Waals surface area contributed by atoms with Crippen molar-refractivity contribution < 1.29 is 0 Å². The zero-order valence-corrected chi connectivity index (χ0v) is 11.4. The topological polar surface area (TPSA) is 42.2 Å². The quantitative estimate of drug-likeness (QED) is 0.622. The Bertz CT molecular complexity index is 911. The third-order valence-electron chi connectivity index (χ3n) is 3.58. The monoisotopic (exact) mass is 274 g/mol. The summed E-state index contributed by atoms with van der Waals surface area (Å²) in [6.45, 7) is 0.730. The molecule has 1 aromatic carbocycles. The molecule has 0 atom stereocenters. The number of rotatable bonds is 3. The number of hydrogen-bond donors (Lipinski definition) is 1. The van der Waals surface area contributed by atoms with Gasteiger partial charge in [-0.3, -0.25) is 4.98 Å². The van der Waals surface area contributed by atoms with Gasteiger partial charge in [-0.05, 0) is 24.3 Å². The van der Waals surface area contributed by atoms with E-state index in [1.54, 1.807) is 0 Å². The summed E-state index contributed by atoms with van der Waals surface area (Å²) in [6, 6.07) is 16.3. The molecule has 0 bridgehead atoms. The fraction of sp³-hybridized carbons (Fsp3) is 0.0588. The summed E-state index contributed by atoms with van der Waals surface area (Å²) in [5.74, 6) is 0. The minimum Gasteiger partial charge on any atom is -0.380 e. The van der Waals surface area contributed by atoms with Crippen LogP contribution in [0.4, 0.5) is 5.69 Å². The highest BCUT2D eigenvalue weighted by atomic mass is 15.2. The lowest BCUT2D eigenvalue weighted by molar-refractivity contribution is 0.961. The predicted molar refractivity (Wildman–Crippen MR) is 84.3 cm³/mol. The number of hydrogen-bond acceptors (Lipinski definition) is 3. The van der Waals surface area contributed by atoms with Gasteiger partial charge in [0.05, 0.1) is 29.1 Å². The molecule has 3 heterocycles. The highest BCUT2D eigenvalue weighted by molar-refractivity contribution is 5.81. The Morgan fingerprint density at radius 2 is 1.90 bits per heavy atom. The minimum absolute atomic E-state index is 0.730. The van der Waals surface area contributed by atoms with Crippen molar-refractivity contribution in [2.75, 3.05) is 5.32 Å². The van der Waals surface area contributed by atoms with Crippen molar-refractivity contribution in [1.82, 2.24) is 14.6 Å². The lowest BCUT2D eigenvalue weighted by atomic mass is 10.2. The van der Waals surface area contributed by atoms with E-state index < -0.39 is 0 Å². The van der Waals surface area contributed by atoms with Gasteiger partial charge >= 0.3 is 0 Å². The summed E-state index contributed by atoms with van der Waals surface area (Å²) < 4.78 is 1.88. The number of nitrogens with zero attached hydrogens (tertiary/aromatic N) is 3.